The number of hydrogen-bond acceptors (Lipinski definition) is 4. The average Bonchev–Trinajstić information content (AvgIpc) is 2.66. The van der Waals surface area contributed by atoms with Crippen molar-refractivity contribution in [2.45, 2.75) is 20.3 Å². The zero-order valence-corrected chi connectivity index (χ0v) is 17.3. The van der Waals surface area contributed by atoms with Gasteiger partial charge >= 0.3 is 0 Å². The third-order valence-corrected chi connectivity index (χ3v) is 4.65. The normalized spacial score (nSPS) is 10.2. The van der Waals surface area contributed by atoms with Gasteiger partial charge in [-0.25, -0.2) is 0 Å². The molecular formula is C19H20BrClN2O4. The molecule has 0 aliphatic rings. The lowest BCUT2D eigenvalue weighted by Gasteiger charge is -2.11. The van der Waals surface area contributed by atoms with Gasteiger partial charge in [-0.05, 0) is 70.7 Å². The van der Waals surface area contributed by atoms with E-state index in [1.807, 2.05) is 19.1 Å². The third kappa shape index (κ3) is 6.77. The monoisotopic (exact) mass is 454 g/mol. The van der Waals surface area contributed by atoms with Gasteiger partial charge in [0.05, 0.1) is 4.47 Å². The zero-order chi connectivity index (χ0) is 19.8. The number of benzene rings is 2. The van der Waals surface area contributed by atoms with Gasteiger partial charge in [0.15, 0.2) is 13.2 Å². The Labute approximate surface area is 171 Å². The Bertz CT molecular complexity index is 829. The van der Waals surface area contributed by atoms with Crippen LogP contribution in [0.1, 0.15) is 18.1 Å². The first-order valence-electron chi connectivity index (χ1n) is 8.27. The summed E-state index contributed by atoms with van der Waals surface area (Å²) in [5.74, 6) is 0.0822. The van der Waals surface area contributed by atoms with Crippen molar-refractivity contribution in [3.8, 4) is 11.5 Å². The van der Waals surface area contributed by atoms with Gasteiger partial charge in [0.2, 0.25) is 0 Å². The van der Waals surface area contributed by atoms with Crippen molar-refractivity contribution in [3.63, 3.8) is 0 Å². The maximum atomic E-state index is 11.8. The molecule has 144 valence electrons. The van der Waals surface area contributed by atoms with Crippen LogP contribution >= 0.6 is 27.5 Å². The van der Waals surface area contributed by atoms with E-state index in [0.29, 0.717) is 16.5 Å². The smallest absolute Gasteiger partial charge is 0.276 e. The molecule has 2 aromatic rings. The highest BCUT2D eigenvalue weighted by Gasteiger charge is 2.09. The molecular weight excluding hydrogens is 436 g/mol. The van der Waals surface area contributed by atoms with E-state index in [2.05, 4.69) is 33.7 Å². The fraction of sp³-hybridized carbons (Fsp3) is 0.263. The molecule has 0 radical (unpaired) electrons. The topological polar surface area (TPSA) is 76.7 Å². The first kappa shape index (κ1) is 21.1. The third-order valence-electron chi connectivity index (χ3n) is 3.60. The van der Waals surface area contributed by atoms with Crippen molar-refractivity contribution in [2.75, 3.05) is 13.2 Å². The minimum Gasteiger partial charge on any atom is -0.484 e. The minimum absolute atomic E-state index is 0.235. The van der Waals surface area contributed by atoms with Crippen LogP contribution in [0.2, 0.25) is 5.02 Å². The van der Waals surface area contributed by atoms with E-state index in [1.54, 1.807) is 24.3 Å². The Kier molecular flexibility index (Phi) is 7.94. The number of carbonyl (C=O) groups is 2. The molecule has 0 aliphatic heterocycles. The van der Waals surface area contributed by atoms with Gasteiger partial charge < -0.3 is 9.47 Å². The van der Waals surface area contributed by atoms with Crippen LogP contribution in [0.5, 0.6) is 11.5 Å². The van der Waals surface area contributed by atoms with E-state index >= 15 is 0 Å². The molecule has 27 heavy (non-hydrogen) atoms. The van der Waals surface area contributed by atoms with Crippen LogP contribution in [0.15, 0.2) is 40.9 Å². The van der Waals surface area contributed by atoms with Crippen molar-refractivity contribution in [3.05, 3.63) is 57.0 Å². The number of halogens is 2. The fourth-order valence-corrected chi connectivity index (χ4v) is 2.75. The Balaban J connectivity index is 1.71. The van der Waals surface area contributed by atoms with E-state index < -0.39 is 11.8 Å². The van der Waals surface area contributed by atoms with E-state index in [4.69, 9.17) is 21.1 Å². The molecule has 6 nitrogen and oxygen atoms in total. The summed E-state index contributed by atoms with van der Waals surface area (Å²) >= 11 is 9.33. The molecule has 0 saturated carbocycles. The van der Waals surface area contributed by atoms with E-state index in [9.17, 15) is 9.59 Å². The molecule has 2 rings (SSSR count). The summed E-state index contributed by atoms with van der Waals surface area (Å²) in [7, 11) is 0. The summed E-state index contributed by atoms with van der Waals surface area (Å²) in [6.45, 7) is 3.41. The number of carbonyl (C=O) groups excluding carboxylic acids is 2. The fourth-order valence-electron chi connectivity index (χ4n) is 2.09. The number of rotatable bonds is 7. The van der Waals surface area contributed by atoms with Crippen molar-refractivity contribution in [2.24, 2.45) is 0 Å². The first-order valence-corrected chi connectivity index (χ1v) is 9.44. The maximum Gasteiger partial charge on any atom is 0.276 e. The molecule has 0 heterocycles. The summed E-state index contributed by atoms with van der Waals surface area (Å²) in [4.78, 5) is 23.5. The number of nitrogens with one attached hydrogen (secondary N) is 2. The standard InChI is InChI=1S/C19H20BrClN2O4/c1-3-13-4-7-17(15(20)9-13)27-11-19(25)23-22-18(24)10-26-14-5-6-16(21)12(2)8-14/h4-9H,3,10-11H2,1-2H3,(H,22,24)(H,23,25). The van der Waals surface area contributed by atoms with Gasteiger partial charge in [-0.1, -0.05) is 24.6 Å². The van der Waals surface area contributed by atoms with E-state index in [1.165, 1.54) is 0 Å². The molecule has 0 atom stereocenters. The summed E-state index contributed by atoms with van der Waals surface area (Å²) in [6, 6.07) is 10.7. The van der Waals surface area contributed by atoms with Crippen molar-refractivity contribution < 1.29 is 19.1 Å². The quantitative estimate of drug-likeness (QED) is 0.626. The predicted octanol–water partition coefficient (Wildman–Crippen LogP) is 3.58. The summed E-state index contributed by atoms with van der Waals surface area (Å²) < 4.78 is 11.5. The van der Waals surface area contributed by atoms with Crippen LogP contribution in [0, 0.1) is 6.92 Å². The van der Waals surface area contributed by atoms with Crippen LogP contribution in [0.4, 0.5) is 0 Å². The van der Waals surface area contributed by atoms with Crippen LogP contribution in [-0.2, 0) is 16.0 Å². The number of amides is 2. The molecule has 0 spiro atoms. The molecule has 0 fully saturated rings. The minimum atomic E-state index is -0.496. The van der Waals surface area contributed by atoms with Crippen molar-refractivity contribution in [1.29, 1.82) is 0 Å². The molecule has 0 saturated heterocycles. The van der Waals surface area contributed by atoms with Crippen molar-refractivity contribution >= 4 is 39.3 Å². The highest BCUT2D eigenvalue weighted by atomic mass is 79.9. The SMILES string of the molecule is CCc1ccc(OCC(=O)NNC(=O)COc2ccc(Cl)c(C)c2)c(Br)c1. The predicted molar refractivity (Wildman–Crippen MR) is 107 cm³/mol. The van der Waals surface area contributed by atoms with Crippen LogP contribution < -0.4 is 20.3 Å². The highest BCUT2D eigenvalue weighted by Crippen LogP contribution is 2.26. The van der Waals surface area contributed by atoms with Gasteiger partial charge in [-0.2, -0.15) is 0 Å². The molecule has 0 unspecified atom stereocenters. The first-order chi connectivity index (χ1) is 12.9. The Morgan fingerprint density at radius 3 is 2.30 bits per heavy atom. The molecule has 2 aromatic carbocycles. The van der Waals surface area contributed by atoms with Crippen molar-refractivity contribution in [1.82, 2.24) is 10.9 Å². The molecule has 0 aliphatic carbocycles. The van der Waals surface area contributed by atoms with E-state index in [0.717, 1.165) is 22.0 Å². The molecule has 0 aromatic heterocycles. The molecule has 0 bridgehead atoms. The molecule has 2 N–H and O–H groups in total. The second kappa shape index (κ2) is 10.2. The van der Waals surface area contributed by atoms with Crippen LogP contribution in [0.25, 0.3) is 0 Å². The van der Waals surface area contributed by atoms with Gasteiger partial charge in [0, 0.05) is 5.02 Å². The number of ether oxygens (including phenoxy) is 2. The molecule has 8 heteroatoms. The Hall–Kier alpha value is -2.25. The second-order valence-electron chi connectivity index (χ2n) is 5.70. The summed E-state index contributed by atoms with van der Waals surface area (Å²) in [5, 5.41) is 0.620. The summed E-state index contributed by atoms with van der Waals surface area (Å²) in [6.07, 6.45) is 0.906. The van der Waals surface area contributed by atoms with Crippen LogP contribution in [-0.4, -0.2) is 25.0 Å². The lowest BCUT2D eigenvalue weighted by molar-refractivity contribution is -0.131. The van der Waals surface area contributed by atoms with E-state index in [-0.39, 0.29) is 13.2 Å². The van der Waals surface area contributed by atoms with Gasteiger partial charge in [0.1, 0.15) is 11.5 Å². The van der Waals surface area contributed by atoms with Gasteiger partial charge in [0.25, 0.3) is 11.8 Å². The Morgan fingerprint density at radius 1 is 1.04 bits per heavy atom. The number of aryl methyl sites for hydroxylation is 2. The lowest BCUT2D eigenvalue weighted by Crippen LogP contribution is -2.45. The zero-order valence-electron chi connectivity index (χ0n) is 15.0. The number of hydrazine groups is 1. The lowest BCUT2D eigenvalue weighted by atomic mass is 10.2. The maximum absolute atomic E-state index is 11.8. The Morgan fingerprint density at radius 2 is 1.70 bits per heavy atom. The average molecular weight is 456 g/mol. The number of hydrogen-bond donors (Lipinski definition) is 2. The van der Waals surface area contributed by atoms with Gasteiger partial charge in [-0.3, -0.25) is 20.4 Å². The summed E-state index contributed by atoms with van der Waals surface area (Å²) in [5.41, 5.74) is 6.54. The van der Waals surface area contributed by atoms with Gasteiger partial charge in [-0.15, -0.1) is 0 Å². The highest BCUT2D eigenvalue weighted by molar-refractivity contribution is 9.10. The van der Waals surface area contributed by atoms with Crippen LogP contribution in [0.3, 0.4) is 0 Å². The molecule has 2 amide bonds. The largest absolute Gasteiger partial charge is 0.484 e. The second-order valence-corrected chi connectivity index (χ2v) is 6.96.